The van der Waals surface area contributed by atoms with Crippen LogP contribution in [0.5, 0.6) is 5.75 Å². The normalized spacial score (nSPS) is 15.5. The van der Waals surface area contributed by atoms with Crippen LogP contribution in [-0.2, 0) is 35.2 Å². The molecule has 0 radical (unpaired) electrons. The minimum atomic E-state index is -1.10. The molecule has 1 aliphatic rings. The van der Waals surface area contributed by atoms with Gasteiger partial charge in [-0.25, -0.2) is 19.4 Å². The van der Waals surface area contributed by atoms with Crippen molar-refractivity contribution in [2.45, 2.75) is 111 Å². The van der Waals surface area contributed by atoms with Gasteiger partial charge in [-0.1, -0.05) is 31.8 Å². The number of carbonyl (C=O) groups is 5. The number of rotatable bonds is 19. The molecule has 1 saturated heterocycles. The summed E-state index contributed by atoms with van der Waals surface area (Å²) in [6.45, 7) is 14.1. The molecule has 0 aliphatic carbocycles. The number of esters is 1. The molecule has 5 N–H and O–H groups in total. The number of hydrogen-bond donors (Lipinski definition) is 5. The van der Waals surface area contributed by atoms with Crippen LogP contribution in [0.25, 0.3) is 0 Å². The highest BCUT2D eigenvalue weighted by molar-refractivity contribution is 7.14. The molecule has 304 valence electrons. The third kappa shape index (κ3) is 15.1. The van der Waals surface area contributed by atoms with E-state index in [-0.39, 0.29) is 35.1 Å². The topological polar surface area (TPSA) is 239 Å². The molecule has 2 atom stereocenters. The third-order valence-electron chi connectivity index (χ3n) is 7.08. The Morgan fingerprint density at radius 3 is 2.33 bits per heavy atom. The van der Waals surface area contributed by atoms with Gasteiger partial charge in [-0.2, -0.15) is 4.73 Å². The van der Waals surface area contributed by atoms with E-state index < -0.39 is 65.5 Å². The second kappa shape index (κ2) is 20.3. The molecule has 2 aromatic rings. The number of nitrogens with one attached hydrogen (secondary N) is 5. The zero-order chi connectivity index (χ0) is 40.8. The number of nitrogens with zero attached hydrogens (tertiary/aromatic N) is 3. The number of β-lactam (4-membered cyclic amide) rings is 1. The Labute approximate surface area is 323 Å². The van der Waals surface area contributed by atoms with Crippen molar-refractivity contribution in [3.05, 3.63) is 39.3 Å². The van der Waals surface area contributed by atoms with E-state index in [0.717, 1.165) is 37.0 Å². The quantitative estimate of drug-likeness (QED) is 0.0454. The average Bonchev–Trinajstić information content (AvgIpc) is 3.53. The first kappa shape index (κ1) is 44.0. The van der Waals surface area contributed by atoms with E-state index in [2.05, 4.69) is 36.7 Å². The predicted octanol–water partition coefficient (Wildman–Crippen LogP) is 2.60. The minimum Gasteiger partial charge on any atom is -0.488 e. The molecule has 19 nitrogen and oxygen atoms in total. The van der Waals surface area contributed by atoms with Crippen LogP contribution in [0.1, 0.15) is 92.5 Å². The highest BCUT2D eigenvalue weighted by Gasteiger charge is 2.41. The highest BCUT2D eigenvalue weighted by Crippen LogP contribution is 2.19. The van der Waals surface area contributed by atoms with E-state index in [9.17, 15) is 28.8 Å². The first-order chi connectivity index (χ1) is 25.9. The fourth-order valence-corrected chi connectivity index (χ4v) is 5.19. The summed E-state index contributed by atoms with van der Waals surface area (Å²) in [5.41, 5.74) is -1.98. The summed E-state index contributed by atoms with van der Waals surface area (Å²) >= 11 is 0.964. The van der Waals surface area contributed by atoms with Gasteiger partial charge in [-0.15, -0.1) is 11.3 Å². The Morgan fingerprint density at radius 2 is 1.67 bits per heavy atom. The third-order valence-corrected chi connectivity index (χ3v) is 7.84. The second-order valence-electron chi connectivity index (χ2n) is 14.3. The van der Waals surface area contributed by atoms with Crippen LogP contribution in [0.4, 0.5) is 14.7 Å². The molecule has 0 unspecified atom stereocenters. The van der Waals surface area contributed by atoms with Gasteiger partial charge >= 0.3 is 18.1 Å². The largest absolute Gasteiger partial charge is 0.488 e. The van der Waals surface area contributed by atoms with Crippen molar-refractivity contribution >= 4 is 52.1 Å². The molecule has 0 aromatic carbocycles. The van der Waals surface area contributed by atoms with Crippen LogP contribution in [0, 0.1) is 0 Å². The lowest BCUT2D eigenvalue weighted by Gasteiger charge is -2.37. The zero-order valence-corrected chi connectivity index (χ0v) is 33.3. The van der Waals surface area contributed by atoms with E-state index in [4.69, 9.17) is 23.9 Å². The van der Waals surface area contributed by atoms with Crippen molar-refractivity contribution in [3.63, 3.8) is 0 Å². The molecule has 1 aliphatic heterocycles. The Balaban J connectivity index is 1.66. The van der Waals surface area contributed by atoms with E-state index in [1.807, 2.05) is 13.8 Å². The number of carbonyl (C=O) groups excluding carboxylic acids is 5. The molecule has 0 spiro atoms. The number of amides is 5. The van der Waals surface area contributed by atoms with E-state index in [0.29, 0.717) is 18.9 Å². The summed E-state index contributed by atoms with van der Waals surface area (Å²) in [6.07, 6.45) is 4.05. The van der Waals surface area contributed by atoms with E-state index in [1.54, 1.807) is 41.5 Å². The average molecular weight is 793 g/mol. The summed E-state index contributed by atoms with van der Waals surface area (Å²) < 4.78 is 17.5. The predicted molar refractivity (Wildman–Crippen MR) is 202 cm³/mol. The summed E-state index contributed by atoms with van der Waals surface area (Å²) in [5.74, 6) is -2.03. The van der Waals surface area contributed by atoms with Gasteiger partial charge in [0.05, 0.1) is 31.1 Å². The lowest BCUT2D eigenvalue weighted by atomic mass is 9.98. The van der Waals surface area contributed by atoms with Crippen LogP contribution in [0.3, 0.4) is 0 Å². The number of anilines is 1. The smallest absolute Gasteiger partial charge is 0.413 e. The number of unbranched alkanes of at least 4 members (excludes halogenated alkanes) is 2. The van der Waals surface area contributed by atoms with Crippen molar-refractivity contribution in [2.24, 2.45) is 5.16 Å². The van der Waals surface area contributed by atoms with Crippen LogP contribution in [0.2, 0.25) is 0 Å². The van der Waals surface area contributed by atoms with Crippen LogP contribution >= 0.6 is 11.3 Å². The molecular formula is C35H52N8O11S. The van der Waals surface area contributed by atoms with Gasteiger partial charge in [-0.3, -0.25) is 19.7 Å². The summed E-state index contributed by atoms with van der Waals surface area (Å²) in [4.78, 5) is 91.1. The lowest BCUT2D eigenvalue weighted by molar-refractivity contribution is -0.160. The van der Waals surface area contributed by atoms with Gasteiger partial charge in [0.2, 0.25) is 17.9 Å². The number of urea groups is 1. The number of thiazole rings is 1. The van der Waals surface area contributed by atoms with Gasteiger partial charge in [-0.05, 0) is 54.4 Å². The van der Waals surface area contributed by atoms with Gasteiger partial charge in [0.15, 0.2) is 16.6 Å². The Bertz CT molecular complexity index is 1750. The van der Waals surface area contributed by atoms with Crippen molar-refractivity contribution in [1.29, 1.82) is 0 Å². The Hall–Kier alpha value is -5.40. The maximum Gasteiger partial charge on any atom is 0.413 e. The maximum atomic E-state index is 13.5. The van der Waals surface area contributed by atoms with Gasteiger partial charge in [0.25, 0.3) is 5.91 Å². The van der Waals surface area contributed by atoms with Crippen LogP contribution in [0.15, 0.2) is 27.6 Å². The van der Waals surface area contributed by atoms with E-state index >= 15 is 0 Å². The first-order valence-corrected chi connectivity index (χ1v) is 18.8. The van der Waals surface area contributed by atoms with Crippen LogP contribution < -0.4 is 41.6 Å². The summed E-state index contributed by atoms with van der Waals surface area (Å²) in [6, 6.07) is -1.10. The van der Waals surface area contributed by atoms with Gasteiger partial charge < -0.3 is 45.2 Å². The Morgan fingerprint density at radius 1 is 0.982 bits per heavy atom. The number of oxime groups is 1. The molecule has 0 saturated carbocycles. The molecule has 3 heterocycles. The standard InChI is InChI=1S/C35H52N8O11S/c1-9-11-13-50-25-18-43(52-14-12-10-2)21(15-24(25)44)16-36-31(48)37-17-22-27(29(46)38-22)40-30(47)28(42-51-19-26(45)53-34(3,4)5)23-20-55-32(39-23)41-33(49)54-35(6,7)8/h15,18,20,22,27H,9-14,16-17,19H2,1-8H3,(H,38,46)(H,40,47)(H2,36,37,48)(H,39,41,49)/b42-28-/t22-,27+/m1/s1. The molecule has 55 heavy (non-hydrogen) atoms. The fraction of sp³-hybridized carbons (Fsp3) is 0.600. The molecular weight excluding hydrogens is 740 g/mol. The molecule has 5 amide bonds. The van der Waals surface area contributed by atoms with Crippen molar-refractivity contribution in [1.82, 2.24) is 31.0 Å². The second-order valence-corrected chi connectivity index (χ2v) is 15.2. The van der Waals surface area contributed by atoms with Gasteiger partial charge in [0, 0.05) is 18.0 Å². The van der Waals surface area contributed by atoms with Crippen molar-refractivity contribution in [3.8, 4) is 5.75 Å². The number of aromatic nitrogens is 2. The number of hydrogen-bond acceptors (Lipinski definition) is 14. The monoisotopic (exact) mass is 792 g/mol. The minimum absolute atomic E-state index is 0.0377. The SMILES string of the molecule is CCCCOc1cn(OCCCC)c(CNC(=O)NC[C@H]2NC(=O)[C@H]2NC(=O)/C(=N\OCC(=O)OC(C)(C)C)c2csc(NC(=O)OC(C)(C)C)n2)cc1=O. The summed E-state index contributed by atoms with van der Waals surface area (Å²) in [5, 5.41) is 18.2. The summed E-state index contributed by atoms with van der Waals surface area (Å²) in [7, 11) is 0. The van der Waals surface area contributed by atoms with Gasteiger partial charge in [0.1, 0.15) is 29.5 Å². The van der Waals surface area contributed by atoms with Crippen molar-refractivity contribution < 1.29 is 47.9 Å². The fourth-order valence-electron chi connectivity index (χ4n) is 4.51. The highest BCUT2D eigenvalue weighted by atomic mass is 32.1. The molecule has 0 bridgehead atoms. The lowest BCUT2D eigenvalue weighted by Crippen LogP contribution is -2.72. The van der Waals surface area contributed by atoms with Crippen molar-refractivity contribution in [2.75, 3.05) is 31.7 Å². The maximum absolute atomic E-state index is 13.5. The van der Waals surface area contributed by atoms with Crippen LogP contribution in [-0.4, -0.2) is 95.0 Å². The molecule has 3 rings (SSSR count). The zero-order valence-electron chi connectivity index (χ0n) is 32.5. The number of pyridine rings is 1. The molecule has 2 aromatic heterocycles. The first-order valence-electron chi connectivity index (χ1n) is 17.9. The van der Waals surface area contributed by atoms with E-state index in [1.165, 1.54) is 22.4 Å². The molecule has 20 heteroatoms. The molecule has 1 fully saturated rings. The Kier molecular flexibility index (Phi) is 16.3. The number of ether oxygens (including phenoxy) is 3.